The Morgan fingerprint density at radius 1 is 0.396 bits per heavy atom. The Morgan fingerprint density at radius 2 is 0.917 bits per heavy atom. The second kappa shape index (κ2) is 10.2. The third kappa shape index (κ3) is 3.89. The predicted molar refractivity (Wildman–Crippen MR) is 208 cm³/mol. The second-order valence-corrected chi connectivity index (χ2v) is 14.7. The number of rotatable bonds is 3. The minimum absolute atomic E-state index is 0.0541. The summed E-state index contributed by atoms with van der Waals surface area (Å²) in [5, 5.41) is 7.88. The van der Waals surface area contributed by atoms with Gasteiger partial charge in [-0.1, -0.05) is 159 Å². The van der Waals surface area contributed by atoms with E-state index >= 15 is 0 Å². The number of hydrogen-bond donors (Lipinski definition) is 0. The Kier molecular flexibility index (Phi) is 5.89. The van der Waals surface area contributed by atoms with Gasteiger partial charge in [-0.2, -0.15) is 0 Å². The zero-order valence-corrected chi connectivity index (χ0v) is 27.7. The summed E-state index contributed by atoms with van der Waals surface area (Å²) < 4.78 is 2.79. The van der Waals surface area contributed by atoms with E-state index in [0.29, 0.717) is 0 Å². The standard InChI is InChI=1S/C47H32S/c1-47(2)41-27-24-32(28-40(41)38-25-26-39-33-14-10-11-19-42(33)48-46(39)45(38)47)29-20-22-31(23-21-29)44-36-17-8-6-15-34(36)43(30-12-4-3-5-13-30)35-16-7-9-18-37(35)44/h3-28H,1-2H3. The highest BCUT2D eigenvalue weighted by Gasteiger charge is 2.37. The lowest BCUT2D eigenvalue weighted by Gasteiger charge is -2.22. The first kappa shape index (κ1) is 27.6. The van der Waals surface area contributed by atoms with Gasteiger partial charge in [-0.15, -0.1) is 11.3 Å². The van der Waals surface area contributed by atoms with Gasteiger partial charge in [0.2, 0.25) is 0 Å². The van der Waals surface area contributed by atoms with Gasteiger partial charge >= 0.3 is 0 Å². The summed E-state index contributed by atoms with van der Waals surface area (Å²) in [5.41, 5.74) is 13.2. The van der Waals surface area contributed by atoms with Gasteiger partial charge in [0.15, 0.2) is 0 Å². The highest BCUT2D eigenvalue weighted by molar-refractivity contribution is 7.26. The molecule has 0 radical (unpaired) electrons. The Hall–Kier alpha value is -5.50. The van der Waals surface area contributed by atoms with E-state index in [1.54, 1.807) is 0 Å². The van der Waals surface area contributed by atoms with Crippen LogP contribution in [0.2, 0.25) is 0 Å². The lowest BCUT2D eigenvalue weighted by molar-refractivity contribution is 0.667. The van der Waals surface area contributed by atoms with Crippen LogP contribution in [0.15, 0.2) is 158 Å². The maximum atomic E-state index is 2.43. The number of thiophene rings is 1. The first-order valence-corrected chi connectivity index (χ1v) is 17.6. The van der Waals surface area contributed by atoms with Crippen molar-refractivity contribution >= 4 is 53.1 Å². The van der Waals surface area contributed by atoms with Crippen LogP contribution in [0.3, 0.4) is 0 Å². The third-order valence-corrected chi connectivity index (χ3v) is 11.9. The van der Waals surface area contributed by atoms with Crippen LogP contribution in [-0.2, 0) is 5.41 Å². The van der Waals surface area contributed by atoms with Crippen molar-refractivity contribution in [3.63, 3.8) is 0 Å². The SMILES string of the molecule is CC1(C)c2ccc(-c3ccc(-c4c5ccccc5c(-c5ccccc5)c5ccccc45)cc3)cc2-c2ccc3c(sc4ccccc43)c21. The molecule has 0 aliphatic heterocycles. The lowest BCUT2D eigenvalue weighted by Crippen LogP contribution is -2.15. The van der Waals surface area contributed by atoms with Gasteiger partial charge < -0.3 is 0 Å². The van der Waals surface area contributed by atoms with Crippen LogP contribution in [0.1, 0.15) is 25.0 Å². The van der Waals surface area contributed by atoms with Crippen molar-refractivity contribution in [3.8, 4) is 44.5 Å². The van der Waals surface area contributed by atoms with Crippen molar-refractivity contribution in [1.29, 1.82) is 0 Å². The van der Waals surface area contributed by atoms with Gasteiger partial charge in [0.05, 0.1) is 0 Å². The molecule has 8 aromatic carbocycles. The van der Waals surface area contributed by atoms with Crippen molar-refractivity contribution in [3.05, 3.63) is 169 Å². The highest BCUT2D eigenvalue weighted by Crippen LogP contribution is 2.54. The average Bonchev–Trinajstić information content (AvgIpc) is 3.62. The first-order chi connectivity index (χ1) is 23.6. The topological polar surface area (TPSA) is 0 Å². The molecule has 0 bridgehead atoms. The van der Waals surface area contributed by atoms with Crippen LogP contribution in [0, 0.1) is 0 Å². The minimum atomic E-state index is -0.0541. The molecule has 0 atom stereocenters. The molecule has 1 heteroatoms. The molecule has 0 spiro atoms. The molecule has 1 aliphatic rings. The number of hydrogen-bond acceptors (Lipinski definition) is 1. The molecule has 9 aromatic rings. The molecule has 0 nitrogen and oxygen atoms in total. The molecule has 0 unspecified atom stereocenters. The van der Waals surface area contributed by atoms with Crippen LogP contribution < -0.4 is 0 Å². The minimum Gasteiger partial charge on any atom is -0.135 e. The van der Waals surface area contributed by atoms with E-state index in [1.165, 1.54) is 97.4 Å². The Balaban J connectivity index is 1.11. The van der Waals surface area contributed by atoms with E-state index in [2.05, 4.69) is 172 Å². The molecule has 226 valence electrons. The maximum absolute atomic E-state index is 2.43. The zero-order valence-electron chi connectivity index (χ0n) is 26.9. The van der Waals surface area contributed by atoms with Crippen molar-refractivity contribution in [1.82, 2.24) is 0 Å². The molecule has 0 saturated carbocycles. The van der Waals surface area contributed by atoms with E-state index in [1.807, 2.05) is 11.3 Å². The summed E-state index contributed by atoms with van der Waals surface area (Å²) in [5.74, 6) is 0. The largest absolute Gasteiger partial charge is 0.135 e. The van der Waals surface area contributed by atoms with Crippen LogP contribution in [0.5, 0.6) is 0 Å². The number of fused-ring (bicyclic) bond motifs is 9. The van der Waals surface area contributed by atoms with Gasteiger partial charge in [-0.25, -0.2) is 0 Å². The number of benzene rings is 8. The van der Waals surface area contributed by atoms with Gasteiger partial charge in [-0.3, -0.25) is 0 Å². The fraction of sp³-hybridized carbons (Fsp3) is 0.0638. The highest BCUT2D eigenvalue weighted by atomic mass is 32.1. The monoisotopic (exact) mass is 628 g/mol. The van der Waals surface area contributed by atoms with Crippen molar-refractivity contribution < 1.29 is 0 Å². The molecular weight excluding hydrogens is 597 g/mol. The quantitative estimate of drug-likeness (QED) is 0.171. The smallest absolute Gasteiger partial charge is 0.0402 e. The van der Waals surface area contributed by atoms with Gasteiger partial charge in [0.1, 0.15) is 0 Å². The second-order valence-electron chi connectivity index (χ2n) is 13.6. The summed E-state index contributed by atoms with van der Waals surface area (Å²) in [6, 6.07) is 58.5. The molecule has 0 N–H and O–H groups in total. The van der Waals surface area contributed by atoms with Gasteiger partial charge in [-0.05, 0) is 89.3 Å². The normalized spacial score (nSPS) is 13.4. The van der Waals surface area contributed by atoms with Gasteiger partial charge in [0.25, 0.3) is 0 Å². The maximum Gasteiger partial charge on any atom is 0.0402 e. The fourth-order valence-corrected chi connectivity index (χ4v) is 9.85. The predicted octanol–water partition coefficient (Wildman–Crippen LogP) is 13.7. The van der Waals surface area contributed by atoms with Crippen molar-refractivity contribution in [2.45, 2.75) is 19.3 Å². The van der Waals surface area contributed by atoms with Crippen LogP contribution in [0.25, 0.3) is 86.2 Å². The Morgan fingerprint density at radius 3 is 1.56 bits per heavy atom. The van der Waals surface area contributed by atoms with Crippen LogP contribution in [0.4, 0.5) is 0 Å². The summed E-state index contributed by atoms with van der Waals surface area (Å²) in [7, 11) is 0. The molecule has 1 heterocycles. The van der Waals surface area contributed by atoms with Crippen molar-refractivity contribution in [2.75, 3.05) is 0 Å². The molecule has 0 fully saturated rings. The Bertz CT molecular complexity index is 2670. The zero-order chi connectivity index (χ0) is 32.0. The first-order valence-electron chi connectivity index (χ1n) is 16.8. The summed E-state index contributed by atoms with van der Waals surface area (Å²) in [6.45, 7) is 4.79. The average molecular weight is 629 g/mol. The molecule has 48 heavy (non-hydrogen) atoms. The van der Waals surface area contributed by atoms with Crippen molar-refractivity contribution in [2.24, 2.45) is 0 Å². The molecule has 1 aliphatic carbocycles. The molecule has 1 aromatic heterocycles. The summed E-state index contributed by atoms with van der Waals surface area (Å²) in [4.78, 5) is 0. The molecular formula is C47H32S. The lowest BCUT2D eigenvalue weighted by atomic mass is 9.81. The van der Waals surface area contributed by atoms with Crippen LogP contribution in [-0.4, -0.2) is 0 Å². The van der Waals surface area contributed by atoms with E-state index in [0.717, 1.165) is 0 Å². The summed E-state index contributed by atoms with van der Waals surface area (Å²) >= 11 is 1.94. The third-order valence-electron chi connectivity index (χ3n) is 10.7. The summed E-state index contributed by atoms with van der Waals surface area (Å²) in [6.07, 6.45) is 0. The van der Waals surface area contributed by atoms with E-state index in [9.17, 15) is 0 Å². The van der Waals surface area contributed by atoms with E-state index < -0.39 is 0 Å². The van der Waals surface area contributed by atoms with E-state index in [-0.39, 0.29) is 5.41 Å². The van der Waals surface area contributed by atoms with Gasteiger partial charge in [0, 0.05) is 25.6 Å². The van der Waals surface area contributed by atoms with Crippen LogP contribution >= 0.6 is 11.3 Å². The Labute approximate surface area is 284 Å². The molecule has 0 amide bonds. The molecule has 0 saturated heterocycles. The fourth-order valence-electron chi connectivity index (χ4n) is 8.44. The van der Waals surface area contributed by atoms with E-state index in [4.69, 9.17) is 0 Å². The molecule has 10 rings (SSSR count).